The van der Waals surface area contributed by atoms with Crippen LogP contribution in [0, 0.1) is 0 Å². The summed E-state index contributed by atoms with van der Waals surface area (Å²) >= 11 is 1.34. The summed E-state index contributed by atoms with van der Waals surface area (Å²) in [6.45, 7) is 4.73. The van der Waals surface area contributed by atoms with Gasteiger partial charge < -0.3 is 19.9 Å². The molecule has 0 bridgehead atoms. The van der Waals surface area contributed by atoms with Crippen LogP contribution in [0.25, 0.3) is 10.9 Å². The average molecular weight is 434 g/mol. The fourth-order valence-corrected chi connectivity index (χ4v) is 6.28. The van der Waals surface area contributed by atoms with E-state index in [1.807, 2.05) is 48.5 Å². The second kappa shape index (κ2) is 6.92. The number of carbonyl (C=O) groups excluding carboxylic acids is 2. The fourth-order valence-electron chi connectivity index (χ4n) is 5.03. The molecule has 1 atom stereocenters. The van der Waals surface area contributed by atoms with Crippen molar-refractivity contribution in [3.63, 3.8) is 0 Å². The minimum atomic E-state index is -1.34. The number of hydrogen-bond acceptors (Lipinski definition) is 5. The molecule has 6 nitrogen and oxygen atoms in total. The molecule has 3 aromatic rings. The lowest BCUT2D eigenvalue weighted by Crippen LogP contribution is -2.46. The van der Waals surface area contributed by atoms with Crippen LogP contribution in [0.4, 0.5) is 5.69 Å². The molecule has 158 valence electrons. The van der Waals surface area contributed by atoms with E-state index in [4.69, 9.17) is 10.5 Å². The molecule has 2 aliphatic rings. The van der Waals surface area contributed by atoms with Crippen LogP contribution < -0.4 is 10.6 Å². The van der Waals surface area contributed by atoms with Crippen molar-refractivity contribution in [2.24, 2.45) is 5.73 Å². The highest BCUT2D eigenvalue weighted by molar-refractivity contribution is 8.03. The van der Waals surface area contributed by atoms with Crippen LogP contribution in [0.3, 0.4) is 0 Å². The van der Waals surface area contributed by atoms with Crippen LogP contribution >= 0.6 is 11.8 Å². The first-order chi connectivity index (χ1) is 15.0. The molecule has 1 spiro atoms. The molecule has 31 heavy (non-hydrogen) atoms. The van der Waals surface area contributed by atoms with E-state index in [1.165, 1.54) is 11.8 Å². The lowest BCUT2D eigenvalue weighted by atomic mass is 9.69. The van der Waals surface area contributed by atoms with Gasteiger partial charge in [-0.25, -0.2) is 4.79 Å². The Morgan fingerprint density at radius 2 is 1.84 bits per heavy atom. The Morgan fingerprint density at radius 3 is 2.58 bits per heavy atom. The van der Waals surface area contributed by atoms with E-state index in [0.717, 1.165) is 32.7 Å². The van der Waals surface area contributed by atoms with E-state index < -0.39 is 11.4 Å². The molecule has 1 unspecified atom stereocenters. The lowest BCUT2D eigenvalue weighted by molar-refractivity contribution is -0.140. The lowest BCUT2D eigenvalue weighted by Gasteiger charge is -2.35. The number of ether oxygens (including phenoxy) is 1. The normalized spacial score (nSPS) is 19.8. The van der Waals surface area contributed by atoms with Gasteiger partial charge in [0, 0.05) is 41.3 Å². The summed E-state index contributed by atoms with van der Waals surface area (Å²) in [7, 11) is 1.75. The van der Waals surface area contributed by atoms with Crippen LogP contribution in [0.5, 0.6) is 0 Å². The van der Waals surface area contributed by atoms with Gasteiger partial charge in [0.15, 0.2) is 0 Å². The molecular weight excluding hydrogens is 410 g/mol. The molecule has 7 heteroatoms. The largest absolute Gasteiger partial charge is 0.463 e. The van der Waals surface area contributed by atoms with Gasteiger partial charge in [0.25, 0.3) is 0 Å². The van der Waals surface area contributed by atoms with Crippen LogP contribution in [-0.2, 0) is 26.3 Å². The second-order valence-electron chi connectivity index (χ2n) is 7.63. The van der Waals surface area contributed by atoms with Crippen molar-refractivity contribution in [1.82, 2.24) is 4.57 Å². The number of anilines is 1. The van der Waals surface area contributed by atoms with Gasteiger partial charge in [-0.15, -0.1) is 0 Å². The molecule has 0 saturated carbocycles. The van der Waals surface area contributed by atoms with Crippen molar-refractivity contribution in [1.29, 1.82) is 0 Å². The zero-order valence-corrected chi connectivity index (χ0v) is 18.5. The van der Waals surface area contributed by atoms with Gasteiger partial charge in [-0.05, 0) is 26.0 Å². The van der Waals surface area contributed by atoms with Crippen molar-refractivity contribution >= 4 is 40.2 Å². The number of hydrogen-bond donors (Lipinski definition) is 1. The number of thioether (sulfide) groups is 1. The Morgan fingerprint density at radius 1 is 1.13 bits per heavy atom. The Hall–Kier alpha value is -3.19. The van der Waals surface area contributed by atoms with Crippen molar-refractivity contribution in [3.8, 4) is 0 Å². The molecule has 0 saturated heterocycles. The Labute approximate surface area is 184 Å². The molecule has 0 aliphatic carbocycles. The number of benzene rings is 2. The third-order valence-corrected chi connectivity index (χ3v) is 7.26. The van der Waals surface area contributed by atoms with Crippen LogP contribution in [0.2, 0.25) is 0 Å². The maximum Gasteiger partial charge on any atom is 0.338 e. The number of esters is 1. The van der Waals surface area contributed by atoms with Crippen molar-refractivity contribution in [3.05, 3.63) is 70.3 Å². The topological polar surface area (TPSA) is 77.6 Å². The Balaban J connectivity index is 1.99. The number of nitrogens with zero attached hydrogens (tertiary/aromatic N) is 2. The number of para-hydroxylation sites is 2. The first kappa shape index (κ1) is 19.8. The molecular formula is C24H23N3O3S. The van der Waals surface area contributed by atoms with Crippen molar-refractivity contribution < 1.29 is 14.3 Å². The van der Waals surface area contributed by atoms with E-state index in [0.29, 0.717) is 11.6 Å². The zero-order chi connectivity index (χ0) is 21.9. The van der Waals surface area contributed by atoms with Gasteiger partial charge in [0.05, 0.1) is 22.2 Å². The highest BCUT2D eigenvalue weighted by Gasteiger charge is 2.60. The Bertz CT molecular complexity index is 1290. The monoisotopic (exact) mass is 433 g/mol. The van der Waals surface area contributed by atoms with Gasteiger partial charge >= 0.3 is 5.97 Å². The first-order valence-corrected chi connectivity index (χ1v) is 11.1. The second-order valence-corrected chi connectivity index (χ2v) is 8.67. The molecule has 2 aromatic carbocycles. The maximum atomic E-state index is 14.1. The quantitative estimate of drug-likeness (QED) is 0.637. The molecule has 1 aromatic heterocycles. The van der Waals surface area contributed by atoms with E-state index in [9.17, 15) is 9.59 Å². The summed E-state index contributed by atoms with van der Waals surface area (Å²) in [5.74, 6) is -0.745. The summed E-state index contributed by atoms with van der Waals surface area (Å²) in [6.07, 6.45) is 0. The molecule has 0 fully saturated rings. The third kappa shape index (κ3) is 2.35. The molecule has 5 rings (SSSR count). The fraction of sp³-hybridized carbons (Fsp3) is 0.250. The van der Waals surface area contributed by atoms with Gasteiger partial charge in [-0.3, -0.25) is 4.79 Å². The minimum Gasteiger partial charge on any atom is -0.463 e. The zero-order valence-electron chi connectivity index (χ0n) is 17.6. The summed E-state index contributed by atoms with van der Waals surface area (Å²) < 4.78 is 7.60. The highest BCUT2D eigenvalue weighted by atomic mass is 32.2. The van der Waals surface area contributed by atoms with Crippen LogP contribution in [0.1, 0.15) is 25.0 Å². The van der Waals surface area contributed by atoms with Gasteiger partial charge in [0.2, 0.25) is 5.91 Å². The first-order valence-electron chi connectivity index (χ1n) is 10.3. The standard InChI is InChI=1S/C24H23N3O3S/c1-4-27-16-12-8-6-10-14(16)18-21(27)31-20(25)19(22(28)30-5-2)24(18)15-11-7-9-13-17(15)26(3)23(24)29/h6-13H,4-5,25H2,1-3H3. The van der Waals surface area contributed by atoms with Crippen LogP contribution in [0.15, 0.2) is 64.2 Å². The number of aromatic nitrogens is 1. The molecule has 1 amide bonds. The van der Waals surface area contributed by atoms with Crippen molar-refractivity contribution in [2.75, 3.05) is 18.6 Å². The number of likely N-dealkylation sites (N-methyl/N-ethyl adjacent to an activating group) is 1. The number of amides is 1. The predicted molar refractivity (Wildman–Crippen MR) is 122 cm³/mol. The van der Waals surface area contributed by atoms with Gasteiger partial charge in [0.1, 0.15) is 5.41 Å². The van der Waals surface area contributed by atoms with E-state index in [1.54, 1.807) is 18.9 Å². The smallest absolute Gasteiger partial charge is 0.338 e. The number of aryl methyl sites for hydroxylation is 1. The summed E-state index contributed by atoms with van der Waals surface area (Å²) in [5, 5.41) is 2.15. The highest BCUT2D eigenvalue weighted by Crippen LogP contribution is 2.59. The molecule has 0 radical (unpaired) electrons. The van der Waals surface area contributed by atoms with E-state index >= 15 is 0 Å². The van der Waals surface area contributed by atoms with Gasteiger partial charge in [-0.2, -0.15) is 0 Å². The van der Waals surface area contributed by atoms with Crippen LogP contribution in [-0.4, -0.2) is 30.1 Å². The summed E-state index contributed by atoms with van der Waals surface area (Å²) in [5.41, 5.74) is 8.78. The predicted octanol–water partition coefficient (Wildman–Crippen LogP) is 3.76. The summed E-state index contributed by atoms with van der Waals surface area (Å²) in [6, 6.07) is 15.6. The molecule has 3 heterocycles. The molecule has 2 N–H and O–H groups in total. The number of fused-ring (bicyclic) bond motifs is 6. The van der Waals surface area contributed by atoms with Crippen molar-refractivity contribution in [2.45, 2.75) is 30.8 Å². The minimum absolute atomic E-state index is 0.194. The van der Waals surface area contributed by atoms with E-state index in [-0.39, 0.29) is 18.1 Å². The Kier molecular flexibility index (Phi) is 4.41. The number of rotatable bonds is 3. The number of carbonyl (C=O) groups is 2. The SMILES string of the molecule is CCOC(=O)C1=C(N)Sc2c(c3ccccc3n2CC)C12C(=O)N(C)c1ccccc12. The number of nitrogens with two attached hydrogens (primary N) is 1. The summed E-state index contributed by atoms with van der Waals surface area (Å²) in [4.78, 5) is 29.0. The van der Waals surface area contributed by atoms with E-state index in [2.05, 4.69) is 11.5 Å². The molecule has 2 aliphatic heterocycles. The maximum absolute atomic E-state index is 14.1. The third-order valence-electron chi connectivity index (χ3n) is 6.22. The van der Waals surface area contributed by atoms with Gasteiger partial charge in [-0.1, -0.05) is 48.2 Å². The average Bonchev–Trinajstić information content (AvgIpc) is 3.20.